The lowest BCUT2D eigenvalue weighted by Crippen LogP contribution is -2.51. The largest absolute Gasteiger partial charge is 0.484 e. The summed E-state index contributed by atoms with van der Waals surface area (Å²) >= 11 is 5.78. The zero-order valence-corrected chi connectivity index (χ0v) is 23.5. The Hall–Kier alpha value is -3.40. The van der Waals surface area contributed by atoms with Gasteiger partial charge in [-0.25, -0.2) is 26.4 Å². The Labute approximate surface area is 241 Å². The molecule has 0 radical (unpaired) electrons. The van der Waals surface area contributed by atoms with Crippen molar-refractivity contribution in [2.24, 2.45) is 5.92 Å². The van der Waals surface area contributed by atoms with Gasteiger partial charge in [0.05, 0.1) is 28.7 Å². The summed E-state index contributed by atoms with van der Waals surface area (Å²) in [5.74, 6) is -5.44. The smallest absolute Gasteiger partial charge is 0.427 e. The van der Waals surface area contributed by atoms with Crippen LogP contribution in [0.5, 0.6) is 5.75 Å². The SMILES string of the molecule is CC(C)(OC(=O)Nc1ccc2c(c1)N(S(=O)(=O)c1ccc(F)c(Cl)c1)C[C@H](CNC(=O)C1CC(F)(F)C1)O2)C(F)(F)F. The van der Waals surface area contributed by atoms with Crippen LogP contribution in [-0.2, 0) is 19.6 Å². The number of benzene rings is 2. The van der Waals surface area contributed by atoms with Gasteiger partial charge in [-0.15, -0.1) is 0 Å². The standard InChI is InChI=1S/C25H24ClF6N3O6S/c1-23(2,25(30,31)32)41-22(37)34-14-3-6-20-19(7-14)35(42(38,39)16-4-5-18(27)17(26)8-16)12-15(40-20)11-33-21(36)13-9-24(28,29)10-13/h3-8,13,15H,9-12H2,1-2H3,(H,33,36)(H,34,37)/t15-/m0/s1. The number of anilines is 2. The van der Waals surface area contributed by atoms with Crippen molar-refractivity contribution in [2.45, 2.75) is 55.4 Å². The number of halogens is 7. The number of amides is 2. The maximum atomic E-state index is 13.7. The number of carbonyl (C=O) groups excluding carboxylic acids is 2. The minimum Gasteiger partial charge on any atom is -0.484 e. The van der Waals surface area contributed by atoms with Gasteiger partial charge in [-0.1, -0.05) is 11.6 Å². The van der Waals surface area contributed by atoms with E-state index >= 15 is 0 Å². The van der Waals surface area contributed by atoms with E-state index in [-0.39, 0.29) is 23.7 Å². The van der Waals surface area contributed by atoms with E-state index < -0.39 is 86.9 Å². The van der Waals surface area contributed by atoms with Crippen LogP contribution in [0, 0.1) is 11.7 Å². The van der Waals surface area contributed by atoms with Gasteiger partial charge < -0.3 is 14.8 Å². The van der Waals surface area contributed by atoms with Gasteiger partial charge in [-0.2, -0.15) is 13.2 Å². The highest BCUT2D eigenvalue weighted by atomic mass is 35.5. The quantitative estimate of drug-likeness (QED) is 0.386. The predicted molar refractivity (Wildman–Crippen MR) is 138 cm³/mol. The molecule has 0 saturated heterocycles. The molecule has 2 N–H and O–H groups in total. The van der Waals surface area contributed by atoms with Gasteiger partial charge in [0.15, 0.2) is 0 Å². The van der Waals surface area contributed by atoms with Crippen molar-refractivity contribution < 1.29 is 53.8 Å². The first kappa shape index (κ1) is 31.5. The minimum atomic E-state index is -4.88. The monoisotopic (exact) mass is 643 g/mol. The molecule has 0 unspecified atom stereocenters. The number of nitrogens with zero attached hydrogens (tertiary/aromatic N) is 1. The Bertz CT molecular complexity index is 1500. The summed E-state index contributed by atoms with van der Waals surface area (Å²) < 4.78 is 118. The van der Waals surface area contributed by atoms with E-state index in [1.807, 2.05) is 0 Å². The summed E-state index contributed by atoms with van der Waals surface area (Å²) in [6.07, 6.45) is -8.60. The Balaban J connectivity index is 1.60. The Morgan fingerprint density at radius 3 is 2.40 bits per heavy atom. The number of fused-ring (bicyclic) bond motifs is 1. The number of alkyl halides is 5. The lowest BCUT2D eigenvalue weighted by molar-refractivity contribution is -0.242. The number of hydrogen-bond acceptors (Lipinski definition) is 6. The van der Waals surface area contributed by atoms with E-state index in [0.717, 1.165) is 28.6 Å². The first-order chi connectivity index (χ1) is 19.3. The van der Waals surface area contributed by atoms with E-state index in [9.17, 15) is 44.3 Å². The van der Waals surface area contributed by atoms with Gasteiger partial charge in [0.2, 0.25) is 17.4 Å². The zero-order valence-electron chi connectivity index (χ0n) is 21.9. The van der Waals surface area contributed by atoms with Crippen LogP contribution in [0.25, 0.3) is 0 Å². The van der Waals surface area contributed by atoms with Crippen molar-refractivity contribution in [1.29, 1.82) is 0 Å². The van der Waals surface area contributed by atoms with Gasteiger partial charge in [-0.3, -0.25) is 14.4 Å². The average molecular weight is 644 g/mol. The molecular weight excluding hydrogens is 620 g/mol. The van der Waals surface area contributed by atoms with E-state index in [4.69, 9.17) is 16.3 Å². The van der Waals surface area contributed by atoms with Crippen molar-refractivity contribution in [3.63, 3.8) is 0 Å². The van der Waals surface area contributed by atoms with Gasteiger partial charge in [0.25, 0.3) is 10.0 Å². The zero-order chi connectivity index (χ0) is 31.3. The minimum absolute atomic E-state index is 0.0676. The van der Waals surface area contributed by atoms with Crippen LogP contribution >= 0.6 is 11.6 Å². The van der Waals surface area contributed by atoms with Gasteiger partial charge in [0, 0.05) is 24.4 Å². The van der Waals surface area contributed by atoms with E-state index in [1.165, 1.54) is 12.1 Å². The molecule has 2 aromatic rings. The number of rotatable bonds is 7. The molecule has 1 aliphatic heterocycles. The molecule has 0 spiro atoms. The maximum Gasteiger partial charge on any atom is 0.427 e. The van der Waals surface area contributed by atoms with Gasteiger partial charge in [0.1, 0.15) is 17.7 Å². The van der Waals surface area contributed by atoms with Crippen molar-refractivity contribution >= 4 is 45.0 Å². The Morgan fingerprint density at radius 2 is 1.81 bits per heavy atom. The van der Waals surface area contributed by atoms with Crippen LogP contribution in [0.15, 0.2) is 41.3 Å². The molecule has 1 aliphatic carbocycles. The average Bonchev–Trinajstić information content (AvgIpc) is 2.85. The van der Waals surface area contributed by atoms with Crippen LogP contribution in [0.1, 0.15) is 26.7 Å². The molecule has 0 aromatic heterocycles. The molecule has 4 rings (SSSR count). The fraction of sp³-hybridized carbons (Fsp3) is 0.440. The fourth-order valence-corrected chi connectivity index (χ4v) is 5.90. The molecule has 230 valence electrons. The van der Waals surface area contributed by atoms with Crippen LogP contribution in [-0.4, -0.2) is 57.3 Å². The second kappa shape index (κ2) is 11.0. The third-order valence-corrected chi connectivity index (χ3v) is 8.68. The van der Waals surface area contributed by atoms with Crippen molar-refractivity contribution in [3.8, 4) is 5.75 Å². The summed E-state index contributed by atoms with van der Waals surface area (Å²) in [6, 6.07) is 6.19. The van der Waals surface area contributed by atoms with E-state index in [0.29, 0.717) is 13.8 Å². The molecule has 9 nitrogen and oxygen atoms in total. The summed E-state index contributed by atoms with van der Waals surface area (Å²) in [4.78, 5) is 24.1. The highest BCUT2D eigenvalue weighted by Crippen LogP contribution is 2.43. The second-order valence-corrected chi connectivity index (χ2v) is 12.5. The fourth-order valence-electron chi connectivity index (χ4n) is 4.13. The molecule has 2 amide bonds. The molecule has 2 aromatic carbocycles. The van der Waals surface area contributed by atoms with Crippen molar-refractivity contribution in [3.05, 3.63) is 47.2 Å². The number of sulfonamides is 1. The van der Waals surface area contributed by atoms with E-state index in [2.05, 4.69) is 15.4 Å². The lowest BCUT2D eigenvalue weighted by atomic mass is 9.81. The van der Waals surface area contributed by atoms with Crippen LogP contribution in [0.3, 0.4) is 0 Å². The molecule has 1 saturated carbocycles. The molecule has 42 heavy (non-hydrogen) atoms. The number of hydrogen-bond donors (Lipinski definition) is 2. The predicted octanol–water partition coefficient (Wildman–Crippen LogP) is 5.49. The normalized spacial score (nSPS) is 18.8. The molecule has 1 heterocycles. The van der Waals surface area contributed by atoms with Crippen molar-refractivity contribution in [1.82, 2.24) is 5.32 Å². The highest BCUT2D eigenvalue weighted by Gasteiger charge is 2.51. The molecular formula is C25H24ClF6N3O6S. The molecule has 1 atom stereocenters. The first-order valence-electron chi connectivity index (χ1n) is 12.3. The van der Waals surface area contributed by atoms with Crippen LogP contribution in [0.2, 0.25) is 5.02 Å². The van der Waals surface area contributed by atoms with E-state index in [1.54, 1.807) is 0 Å². The van der Waals surface area contributed by atoms with Gasteiger partial charge >= 0.3 is 12.3 Å². The second-order valence-electron chi connectivity index (χ2n) is 10.3. The van der Waals surface area contributed by atoms with Crippen molar-refractivity contribution in [2.75, 3.05) is 22.7 Å². The topological polar surface area (TPSA) is 114 Å². The summed E-state index contributed by atoms with van der Waals surface area (Å²) in [5.41, 5.74) is -3.15. The molecule has 2 aliphatic rings. The third kappa shape index (κ3) is 6.64. The number of nitrogens with one attached hydrogen (secondary N) is 2. The van der Waals surface area contributed by atoms with Crippen LogP contribution in [0.4, 0.5) is 42.5 Å². The maximum absolute atomic E-state index is 13.7. The Kier molecular flexibility index (Phi) is 8.28. The lowest BCUT2D eigenvalue weighted by Gasteiger charge is -2.37. The molecule has 0 bridgehead atoms. The number of carbonyl (C=O) groups is 2. The number of ether oxygens (including phenoxy) is 2. The first-order valence-corrected chi connectivity index (χ1v) is 14.1. The Morgan fingerprint density at radius 1 is 1.14 bits per heavy atom. The summed E-state index contributed by atoms with van der Waals surface area (Å²) in [6.45, 7) is 0.575. The molecule has 17 heteroatoms. The summed E-state index contributed by atoms with van der Waals surface area (Å²) in [7, 11) is -4.51. The van der Waals surface area contributed by atoms with Crippen LogP contribution < -0.4 is 19.7 Å². The highest BCUT2D eigenvalue weighted by molar-refractivity contribution is 7.92. The molecule has 1 fully saturated rings. The summed E-state index contributed by atoms with van der Waals surface area (Å²) in [5, 5.41) is 4.08. The third-order valence-electron chi connectivity index (χ3n) is 6.61. The van der Waals surface area contributed by atoms with Gasteiger partial charge in [-0.05, 0) is 50.2 Å².